The fourth-order valence-corrected chi connectivity index (χ4v) is 2.05. The Morgan fingerprint density at radius 1 is 1.50 bits per heavy atom. The maximum absolute atomic E-state index is 12.2. The topological polar surface area (TPSA) is 78.6 Å². The summed E-state index contributed by atoms with van der Waals surface area (Å²) in [6, 6.07) is 6.76. The Kier molecular flexibility index (Phi) is 5.53. The Morgan fingerprint density at radius 2 is 2.15 bits per heavy atom. The van der Waals surface area contributed by atoms with E-state index in [0.29, 0.717) is 24.5 Å². The fourth-order valence-electron chi connectivity index (χ4n) is 2.05. The molecule has 1 amide bonds. The minimum atomic E-state index is -0.832. The summed E-state index contributed by atoms with van der Waals surface area (Å²) in [4.78, 5) is 14.2. The van der Waals surface area contributed by atoms with Crippen molar-refractivity contribution in [3.05, 3.63) is 24.3 Å². The van der Waals surface area contributed by atoms with E-state index in [1.807, 2.05) is 18.7 Å². The maximum atomic E-state index is 12.2. The van der Waals surface area contributed by atoms with Gasteiger partial charge in [-0.3, -0.25) is 9.69 Å². The molecule has 0 heterocycles. The van der Waals surface area contributed by atoms with Gasteiger partial charge in [0.25, 0.3) is 0 Å². The number of carbonyl (C=O) groups excluding carboxylic acids is 1. The molecule has 0 radical (unpaired) electrons. The number of aliphatic hydroxyl groups is 1. The van der Waals surface area contributed by atoms with Crippen LogP contribution >= 0.6 is 0 Å². The highest BCUT2D eigenvalue weighted by atomic mass is 16.3. The summed E-state index contributed by atoms with van der Waals surface area (Å²) in [5.41, 5.74) is 6.15. The Morgan fingerprint density at radius 3 is 2.65 bits per heavy atom. The average Bonchev–Trinajstić information content (AvgIpc) is 2.34. The van der Waals surface area contributed by atoms with Crippen molar-refractivity contribution in [2.75, 3.05) is 24.1 Å². The molecule has 4 N–H and O–H groups in total. The number of nitrogens with zero attached hydrogens (tertiary/aromatic N) is 1. The van der Waals surface area contributed by atoms with Crippen molar-refractivity contribution in [1.82, 2.24) is 4.90 Å². The lowest BCUT2D eigenvalue weighted by Crippen LogP contribution is -2.48. The molecule has 1 rings (SSSR count). The smallest absolute Gasteiger partial charge is 0.241 e. The van der Waals surface area contributed by atoms with Gasteiger partial charge in [-0.2, -0.15) is 0 Å². The molecule has 5 nitrogen and oxygen atoms in total. The van der Waals surface area contributed by atoms with Crippen LogP contribution in [-0.2, 0) is 4.79 Å². The number of anilines is 2. The lowest BCUT2D eigenvalue weighted by atomic mass is 10.1. The minimum absolute atomic E-state index is 0.110. The van der Waals surface area contributed by atoms with Crippen molar-refractivity contribution in [1.29, 1.82) is 0 Å². The molecule has 20 heavy (non-hydrogen) atoms. The first-order valence-electron chi connectivity index (χ1n) is 6.86. The number of likely N-dealkylation sites (N-methyl/N-ethyl adjacent to an activating group) is 1. The normalized spacial score (nSPS) is 13.3. The summed E-state index contributed by atoms with van der Waals surface area (Å²) in [5.74, 6) is -0.110. The molecule has 5 heteroatoms. The molecule has 1 aromatic carbocycles. The molecule has 0 aliphatic carbocycles. The van der Waals surface area contributed by atoms with Crippen LogP contribution in [0.5, 0.6) is 0 Å². The third-order valence-electron chi connectivity index (χ3n) is 3.08. The largest absolute Gasteiger partial charge is 0.399 e. The van der Waals surface area contributed by atoms with Gasteiger partial charge in [-0.25, -0.2) is 0 Å². The first kappa shape index (κ1) is 16.5. The van der Waals surface area contributed by atoms with Crippen molar-refractivity contribution in [3.8, 4) is 0 Å². The fraction of sp³-hybridized carbons (Fsp3) is 0.533. The summed E-state index contributed by atoms with van der Waals surface area (Å²) in [7, 11) is 0. The molecule has 0 fully saturated rings. The van der Waals surface area contributed by atoms with E-state index >= 15 is 0 Å². The Balaban J connectivity index is 2.70. The van der Waals surface area contributed by atoms with Crippen LogP contribution in [0, 0.1) is 0 Å². The van der Waals surface area contributed by atoms with E-state index in [-0.39, 0.29) is 11.9 Å². The van der Waals surface area contributed by atoms with E-state index in [0.717, 1.165) is 0 Å². The van der Waals surface area contributed by atoms with Gasteiger partial charge in [0.15, 0.2) is 0 Å². The van der Waals surface area contributed by atoms with E-state index in [1.54, 1.807) is 38.1 Å². The molecular weight excluding hydrogens is 254 g/mol. The van der Waals surface area contributed by atoms with Gasteiger partial charge in [-0.1, -0.05) is 13.0 Å². The summed E-state index contributed by atoms with van der Waals surface area (Å²) in [6.45, 7) is 8.40. The molecule has 0 aliphatic rings. The highest BCUT2D eigenvalue weighted by Crippen LogP contribution is 2.14. The Bertz CT molecular complexity index is 455. The number of hydrogen-bond acceptors (Lipinski definition) is 4. The number of rotatable bonds is 6. The standard InChI is InChI=1S/C15H25N3O2/c1-5-18(10-15(3,4)20)11(2)14(19)17-13-8-6-7-12(16)9-13/h6-9,11,20H,5,10,16H2,1-4H3,(H,17,19). The first-order valence-corrected chi connectivity index (χ1v) is 6.86. The highest BCUT2D eigenvalue weighted by Gasteiger charge is 2.25. The van der Waals surface area contributed by atoms with Gasteiger partial charge in [-0.05, 0) is 45.5 Å². The quantitative estimate of drug-likeness (QED) is 0.692. The molecule has 0 aromatic heterocycles. The van der Waals surface area contributed by atoms with Crippen molar-refractivity contribution < 1.29 is 9.90 Å². The third kappa shape index (κ3) is 5.19. The SMILES string of the molecule is CCN(CC(C)(C)O)C(C)C(=O)Nc1cccc(N)c1. The van der Waals surface area contributed by atoms with Crippen LogP contribution in [-0.4, -0.2) is 40.6 Å². The van der Waals surface area contributed by atoms with Crippen molar-refractivity contribution in [3.63, 3.8) is 0 Å². The van der Waals surface area contributed by atoms with Crippen LogP contribution in [0.4, 0.5) is 11.4 Å². The highest BCUT2D eigenvalue weighted by molar-refractivity contribution is 5.94. The zero-order valence-corrected chi connectivity index (χ0v) is 12.7. The second-order valence-corrected chi connectivity index (χ2v) is 5.67. The second kappa shape index (κ2) is 6.72. The molecule has 0 bridgehead atoms. The molecule has 0 spiro atoms. The van der Waals surface area contributed by atoms with E-state index in [4.69, 9.17) is 5.73 Å². The Labute approximate surface area is 120 Å². The van der Waals surface area contributed by atoms with Crippen molar-refractivity contribution >= 4 is 17.3 Å². The molecule has 0 aliphatic heterocycles. The van der Waals surface area contributed by atoms with E-state index in [1.165, 1.54) is 0 Å². The van der Waals surface area contributed by atoms with Crippen LogP contribution < -0.4 is 11.1 Å². The zero-order chi connectivity index (χ0) is 15.3. The van der Waals surface area contributed by atoms with Crippen LogP contribution in [0.25, 0.3) is 0 Å². The van der Waals surface area contributed by atoms with Gasteiger partial charge in [0.2, 0.25) is 5.91 Å². The molecule has 1 atom stereocenters. The van der Waals surface area contributed by atoms with E-state index in [2.05, 4.69) is 5.32 Å². The van der Waals surface area contributed by atoms with Gasteiger partial charge in [0, 0.05) is 17.9 Å². The number of nitrogens with one attached hydrogen (secondary N) is 1. The van der Waals surface area contributed by atoms with E-state index < -0.39 is 5.60 Å². The van der Waals surface area contributed by atoms with Crippen LogP contribution in [0.2, 0.25) is 0 Å². The number of nitrogens with two attached hydrogens (primary N) is 1. The third-order valence-corrected chi connectivity index (χ3v) is 3.08. The van der Waals surface area contributed by atoms with Gasteiger partial charge in [0.05, 0.1) is 11.6 Å². The zero-order valence-electron chi connectivity index (χ0n) is 12.7. The molecule has 1 unspecified atom stereocenters. The van der Waals surface area contributed by atoms with Gasteiger partial charge in [-0.15, -0.1) is 0 Å². The van der Waals surface area contributed by atoms with Crippen LogP contribution in [0.1, 0.15) is 27.7 Å². The van der Waals surface area contributed by atoms with Crippen LogP contribution in [0.3, 0.4) is 0 Å². The summed E-state index contributed by atoms with van der Waals surface area (Å²) < 4.78 is 0. The van der Waals surface area contributed by atoms with Gasteiger partial charge in [0.1, 0.15) is 0 Å². The number of nitrogen functional groups attached to an aromatic ring is 1. The maximum Gasteiger partial charge on any atom is 0.241 e. The Hall–Kier alpha value is -1.59. The number of amides is 1. The monoisotopic (exact) mass is 279 g/mol. The number of carbonyl (C=O) groups is 1. The molecule has 0 saturated heterocycles. The lowest BCUT2D eigenvalue weighted by molar-refractivity contribution is -0.121. The molecule has 1 aromatic rings. The van der Waals surface area contributed by atoms with E-state index in [9.17, 15) is 9.90 Å². The number of benzene rings is 1. The molecule has 0 saturated carbocycles. The van der Waals surface area contributed by atoms with Gasteiger partial charge < -0.3 is 16.2 Å². The minimum Gasteiger partial charge on any atom is -0.399 e. The molecular formula is C15H25N3O2. The number of hydrogen-bond donors (Lipinski definition) is 3. The first-order chi connectivity index (χ1) is 9.23. The van der Waals surface area contributed by atoms with Crippen molar-refractivity contribution in [2.45, 2.75) is 39.3 Å². The second-order valence-electron chi connectivity index (χ2n) is 5.67. The summed E-state index contributed by atoms with van der Waals surface area (Å²) in [6.07, 6.45) is 0. The summed E-state index contributed by atoms with van der Waals surface area (Å²) >= 11 is 0. The lowest BCUT2D eigenvalue weighted by Gasteiger charge is -2.32. The summed E-state index contributed by atoms with van der Waals surface area (Å²) in [5, 5.41) is 12.7. The average molecular weight is 279 g/mol. The van der Waals surface area contributed by atoms with Gasteiger partial charge >= 0.3 is 0 Å². The van der Waals surface area contributed by atoms with Crippen molar-refractivity contribution in [2.24, 2.45) is 0 Å². The predicted molar refractivity (Wildman–Crippen MR) is 82.5 cm³/mol. The predicted octanol–water partition coefficient (Wildman–Crippen LogP) is 1.69. The van der Waals surface area contributed by atoms with Crippen LogP contribution in [0.15, 0.2) is 24.3 Å². The molecule has 112 valence electrons.